The molecular formula is C18H18N4O2. The van der Waals surface area contributed by atoms with Gasteiger partial charge < -0.3 is 0 Å². The molecule has 6 nitrogen and oxygen atoms in total. The van der Waals surface area contributed by atoms with E-state index in [1.165, 1.54) is 0 Å². The summed E-state index contributed by atoms with van der Waals surface area (Å²) in [5.41, 5.74) is 5.89. The predicted octanol–water partition coefficient (Wildman–Crippen LogP) is 3.60. The van der Waals surface area contributed by atoms with Crippen LogP contribution in [0.2, 0.25) is 0 Å². The van der Waals surface area contributed by atoms with Crippen molar-refractivity contribution in [1.29, 1.82) is 5.26 Å². The van der Waals surface area contributed by atoms with Crippen molar-refractivity contribution in [2.75, 3.05) is 0 Å². The van der Waals surface area contributed by atoms with E-state index in [1.807, 2.05) is 13.8 Å². The van der Waals surface area contributed by atoms with Gasteiger partial charge in [0.25, 0.3) is 0 Å². The van der Waals surface area contributed by atoms with Gasteiger partial charge in [-0.25, -0.2) is 0 Å². The van der Waals surface area contributed by atoms with Gasteiger partial charge in [-0.3, -0.25) is 9.59 Å². The summed E-state index contributed by atoms with van der Waals surface area (Å²) in [7, 11) is 0. The summed E-state index contributed by atoms with van der Waals surface area (Å²) in [5, 5.41) is 12.7. The number of unbranched alkanes of at least 4 members (excludes halogenated alkanes) is 4. The van der Waals surface area contributed by atoms with Gasteiger partial charge in [0.05, 0.1) is 11.6 Å². The largest absolute Gasteiger partial charge is 0.291 e. The molecule has 0 aromatic carbocycles. The fourth-order valence-electron chi connectivity index (χ4n) is 2.06. The quantitative estimate of drug-likeness (QED) is 0.193. The predicted molar refractivity (Wildman–Crippen MR) is 88.8 cm³/mol. The lowest BCUT2D eigenvalue weighted by atomic mass is 9.84. The fourth-order valence-corrected chi connectivity index (χ4v) is 2.06. The zero-order valence-corrected chi connectivity index (χ0v) is 13.8. The van der Waals surface area contributed by atoms with E-state index in [9.17, 15) is 14.9 Å². The minimum Gasteiger partial charge on any atom is -0.291 e. The third kappa shape index (κ3) is 3.85. The first-order valence-corrected chi connectivity index (χ1v) is 7.88. The maximum absolute atomic E-state index is 12.6. The number of azide groups is 1. The summed E-state index contributed by atoms with van der Waals surface area (Å²) >= 11 is 0. The van der Waals surface area contributed by atoms with E-state index in [2.05, 4.69) is 33.7 Å². The number of hydrogen-bond acceptors (Lipinski definition) is 4. The van der Waals surface area contributed by atoms with E-state index in [4.69, 9.17) is 5.53 Å². The number of nitriles is 1. The molecule has 122 valence electrons. The summed E-state index contributed by atoms with van der Waals surface area (Å²) < 4.78 is 0. The van der Waals surface area contributed by atoms with Crippen LogP contribution in [-0.4, -0.2) is 11.6 Å². The van der Waals surface area contributed by atoms with Gasteiger partial charge >= 0.3 is 0 Å². The highest BCUT2D eigenvalue weighted by atomic mass is 16.2. The molecular weight excluding hydrogens is 304 g/mol. The molecule has 0 spiro atoms. The van der Waals surface area contributed by atoms with Crippen LogP contribution in [0.25, 0.3) is 10.4 Å². The lowest BCUT2D eigenvalue weighted by Crippen LogP contribution is -2.32. The standard InChI is InChI=1S/C18H18N4O2/c1-3-5-7-9-11-14-15(21-22-20)17(24)18(13-19,16(14)23)12-10-8-6-4-2/h3-8H2,1-2H3. The number of Topliss-reactive ketones (excluding diaryl/α,β-unsaturated/α-hetero) is 2. The average Bonchev–Trinajstić information content (AvgIpc) is 2.78. The average molecular weight is 322 g/mol. The van der Waals surface area contributed by atoms with Crippen LogP contribution in [0.1, 0.15) is 52.4 Å². The smallest absolute Gasteiger partial charge is 0.243 e. The summed E-state index contributed by atoms with van der Waals surface area (Å²) in [6, 6.07) is 1.71. The Hall–Kier alpha value is -3.00. The zero-order valence-electron chi connectivity index (χ0n) is 13.8. The Balaban J connectivity index is 3.30. The lowest BCUT2D eigenvalue weighted by Gasteiger charge is -2.08. The van der Waals surface area contributed by atoms with E-state index in [0.29, 0.717) is 12.8 Å². The van der Waals surface area contributed by atoms with Gasteiger partial charge in [-0.15, -0.1) is 5.92 Å². The van der Waals surface area contributed by atoms with Crippen molar-refractivity contribution < 1.29 is 9.59 Å². The highest BCUT2D eigenvalue weighted by Gasteiger charge is 2.54. The fraction of sp³-hybridized carbons (Fsp3) is 0.500. The number of nitrogens with zero attached hydrogens (tertiary/aromatic N) is 4. The number of carbonyl (C=O) groups is 2. The second-order valence-electron chi connectivity index (χ2n) is 5.24. The van der Waals surface area contributed by atoms with Crippen LogP contribution in [-0.2, 0) is 9.59 Å². The van der Waals surface area contributed by atoms with Crippen LogP contribution in [0.5, 0.6) is 0 Å². The second-order valence-corrected chi connectivity index (χ2v) is 5.24. The summed E-state index contributed by atoms with van der Waals surface area (Å²) in [6.45, 7) is 3.99. The van der Waals surface area contributed by atoms with E-state index in [0.717, 1.165) is 25.7 Å². The van der Waals surface area contributed by atoms with Gasteiger partial charge in [0.2, 0.25) is 17.0 Å². The number of carbonyl (C=O) groups excluding carboxylic acids is 2. The first-order valence-electron chi connectivity index (χ1n) is 7.88. The van der Waals surface area contributed by atoms with Gasteiger partial charge in [-0.1, -0.05) is 49.6 Å². The molecule has 0 saturated carbocycles. The van der Waals surface area contributed by atoms with Crippen molar-refractivity contribution in [3.05, 3.63) is 21.7 Å². The van der Waals surface area contributed by atoms with Crippen LogP contribution in [0.15, 0.2) is 16.4 Å². The highest BCUT2D eigenvalue weighted by molar-refractivity contribution is 6.33. The lowest BCUT2D eigenvalue weighted by molar-refractivity contribution is -0.127. The van der Waals surface area contributed by atoms with Gasteiger partial charge in [0, 0.05) is 17.8 Å². The second kappa shape index (κ2) is 9.21. The van der Waals surface area contributed by atoms with Crippen LogP contribution in [0.4, 0.5) is 0 Å². The van der Waals surface area contributed by atoms with Crippen LogP contribution < -0.4 is 0 Å². The van der Waals surface area contributed by atoms with Crippen LogP contribution in [0.3, 0.4) is 0 Å². The Morgan fingerprint density at radius 2 is 1.75 bits per heavy atom. The molecule has 1 aliphatic carbocycles. The van der Waals surface area contributed by atoms with Gasteiger partial charge in [-0.05, 0) is 18.4 Å². The molecule has 0 fully saturated rings. The molecule has 0 amide bonds. The Morgan fingerprint density at radius 1 is 1.12 bits per heavy atom. The van der Waals surface area contributed by atoms with Crippen molar-refractivity contribution in [3.8, 4) is 29.8 Å². The van der Waals surface area contributed by atoms with E-state index in [-0.39, 0.29) is 5.57 Å². The molecule has 0 N–H and O–H groups in total. The molecule has 0 radical (unpaired) electrons. The van der Waals surface area contributed by atoms with E-state index >= 15 is 0 Å². The minimum absolute atomic E-state index is 0.208. The van der Waals surface area contributed by atoms with Crippen LogP contribution in [0, 0.1) is 40.4 Å². The Labute approximate surface area is 141 Å². The van der Waals surface area contributed by atoms with Crippen molar-refractivity contribution in [2.24, 2.45) is 10.5 Å². The molecule has 1 rings (SSSR count). The summed E-state index contributed by atoms with van der Waals surface area (Å²) in [5.74, 6) is 8.93. The van der Waals surface area contributed by atoms with Crippen molar-refractivity contribution in [1.82, 2.24) is 0 Å². The first kappa shape index (κ1) is 19.0. The Kier molecular flexibility index (Phi) is 7.31. The minimum atomic E-state index is -2.13. The maximum atomic E-state index is 12.6. The van der Waals surface area contributed by atoms with Crippen molar-refractivity contribution >= 4 is 11.6 Å². The van der Waals surface area contributed by atoms with E-state index in [1.54, 1.807) is 6.07 Å². The zero-order chi connectivity index (χ0) is 18.0. The van der Waals surface area contributed by atoms with Crippen molar-refractivity contribution in [3.63, 3.8) is 0 Å². The third-order valence-electron chi connectivity index (χ3n) is 3.47. The Bertz CT molecular complexity index is 774. The topological polar surface area (TPSA) is 107 Å². The monoisotopic (exact) mass is 322 g/mol. The summed E-state index contributed by atoms with van der Waals surface area (Å²) in [6.07, 6.45) is 4.53. The number of allylic oxidation sites excluding steroid dienone is 2. The number of hydrogen-bond donors (Lipinski definition) is 0. The van der Waals surface area contributed by atoms with E-state index < -0.39 is 22.7 Å². The third-order valence-corrected chi connectivity index (χ3v) is 3.47. The molecule has 1 atom stereocenters. The highest BCUT2D eigenvalue weighted by Crippen LogP contribution is 2.35. The molecule has 0 aromatic rings. The number of rotatable bonds is 5. The van der Waals surface area contributed by atoms with Crippen LogP contribution >= 0.6 is 0 Å². The summed E-state index contributed by atoms with van der Waals surface area (Å²) in [4.78, 5) is 27.7. The number of ketones is 2. The molecule has 0 aromatic heterocycles. The first-order chi connectivity index (χ1) is 11.6. The normalized spacial score (nSPS) is 18.9. The molecule has 0 aliphatic heterocycles. The SMILES string of the molecule is CCCCC#CC1=C(N=[N+]=[N-])C(=O)C(C#N)(C#CCCCC)C1=O. The molecule has 24 heavy (non-hydrogen) atoms. The molecule has 0 saturated heterocycles. The van der Waals surface area contributed by atoms with Gasteiger partial charge in [-0.2, -0.15) is 5.26 Å². The molecule has 0 bridgehead atoms. The molecule has 0 heterocycles. The maximum Gasteiger partial charge on any atom is 0.243 e. The van der Waals surface area contributed by atoms with Gasteiger partial charge in [0.15, 0.2) is 0 Å². The molecule has 1 aliphatic rings. The Morgan fingerprint density at radius 3 is 2.29 bits per heavy atom. The van der Waals surface area contributed by atoms with Crippen molar-refractivity contribution in [2.45, 2.75) is 52.4 Å². The van der Waals surface area contributed by atoms with Gasteiger partial charge in [0.1, 0.15) is 5.70 Å². The molecule has 1 unspecified atom stereocenters. The molecule has 6 heteroatoms.